The predicted octanol–water partition coefficient (Wildman–Crippen LogP) is 4.73. The second-order valence-corrected chi connectivity index (χ2v) is 11.0. The molecule has 41 heavy (non-hydrogen) atoms. The van der Waals surface area contributed by atoms with E-state index in [2.05, 4.69) is 20.3 Å². The van der Waals surface area contributed by atoms with Gasteiger partial charge in [-0.3, -0.25) is 0 Å². The zero-order chi connectivity index (χ0) is 29.3. The number of aliphatic hydroxyl groups excluding tert-OH is 1. The molecule has 2 aromatic heterocycles. The summed E-state index contributed by atoms with van der Waals surface area (Å²) in [5.41, 5.74) is 2.07. The number of alkyl halides is 5. The van der Waals surface area contributed by atoms with Crippen LogP contribution in [0.4, 0.5) is 41.7 Å². The highest BCUT2D eigenvalue weighted by atomic mass is 32.1. The number of rotatable bonds is 6. The van der Waals surface area contributed by atoms with Crippen molar-refractivity contribution in [3.05, 3.63) is 35.4 Å². The number of fused-ring (bicyclic) bond motifs is 4. The lowest BCUT2D eigenvalue weighted by Crippen LogP contribution is -2.51. The van der Waals surface area contributed by atoms with Gasteiger partial charge in [0.25, 0.3) is 0 Å². The first kappa shape index (κ1) is 27.7. The Balaban J connectivity index is 1.62. The first-order chi connectivity index (χ1) is 19.3. The van der Waals surface area contributed by atoms with Crippen LogP contribution in [-0.4, -0.2) is 64.4 Å². The monoisotopic (exact) mass is 602 g/mol. The van der Waals surface area contributed by atoms with Gasteiger partial charge in [0.05, 0.1) is 15.8 Å². The van der Waals surface area contributed by atoms with Gasteiger partial charge in [0.1, 0.15) is 23.8 Å². The predicted molar refractivity (Wildman–Crippen MR) is 137 cm³/mol. The summed E-state index contributed by atoms with van der Waals surface area (Å²) in [5.74, 6) is -6.05. The molecule has 0 aliphatic carbocycles. The standard InChI is InChI=1S/C25H21F7N6O2S/c26-15-4-3-12(19-20(15)41-22(33)35-19)16-14(25(30,31)32)5-13-18(17(16)27)36-23(40-9-24(28,29)8-39)37-21(13)38-6-10-1-2-11(7-38)34-10/h3-5,10-11,34,39H,1-2,6-9H2,(H2,33,35). The smallest absolute Gasteiger partial charge is 0.417 e. The van der Waals surface area contributed by atoms with E-state index in [0.29, 0.717) is 30.5 Å². The van der Waals surface area contributed by atoms with Crippen LogP contribution in [0, 0.1) is 11.6 Å². The van der Waals surface area contributed by atoms with Crippen LogP contribution in [0.15, 0.2) is 18.2 Å². The molecule has 16 heteroatoms. The second-order valence-electron chi connectivity index (χ2n) is 10.0. The molecule has 4 aromatic rings. The fourth-order valence-corrected chi connectivity index (χ4v) is 6.13. The number of nitrogens with two attached hydrogens (primary N) is 1. The van der Waals surface area contributed by atoms with Crippen LogP contribution in [0.1, 0.15) is 18.4 Å². The molecule has 0 radical (unpaired) electrons. The summed E-state index contributed by atoms with van der Waals surface area (Å²) < 4.78 is 107. The van der Waals surface area contributed by atoms with Gasteiger partial charge in [0.15, 0.2) is 17.6 Å². The molecule has 0 saturated carbocycles. The maximum absolute atomic E-state index is 16.4. The van der Waals surface area contributed by atoms with E-state index in [1.165, 1.54) is 0 Å². The summed E-state index contributed by atoms with van der Waals surface area (Å²) in [6.07, 6.45) is -3.47. The molecule has 2 aliphatic heterocycles. The van der Waals surface area contributed by atoms with E-state index in [1.807, 2.05) is 0 Å². The number of piperazine rings is 1. The number of nitrogens with zero attached hydrogens (tertiary/aromatic N) is 4. The number of nitrogens with one attached hydrogen (secondary N) is 1. The van der Waals surface area contributed by atoms with E-state index < -0.39 is 59.6 Å². The van der Waals surface area contributed by atoms with Crippen molar-refractivity contribution in [1.82, 2.24) is 20.3 Å². The molecular formula is C25H21F7N6O2S. The molecule has 2 aliphatic rings. The van der Waals surface area contributed by atoms with Gasteiger partial charge >= 0.3 is 18.1 Å². The van der Waals surface area contributed by atoms with Crippen molar-refractivity contribution in [2.24, 2.45) is 0 Å². The Hall–Kier alpha value is -3.50. The second kappa shape index (κ2) is 9.80. The molecular weight excluding hydrogens is 581 g/mol. The molecule has 2 fully saturated rings. The van der Waals surface area contributed by atoms with Gasteiger partial charge in [-0.1, -0.05) is 11.3 Å². The van der Waals surface area contributed by atoms with Crippen molar-refractivity contribution < 1.29 is 40.6 Å². The van der Waals surface area contributed by atoms with Gasteiger partial charge < -0.3 is 25.8 Å². The Morgan fingerprint density at radius 3 is 2.41 bits per heavy atom. The highest BCUT2D eigenvalue weighted by molar-refractivity contribution is 7.22. The van der Waals surface area contributed by atoms with Gasteiger partial charge in [-0.2, -0.15) is 23.1 Å². The first-order valence-corrected chi connectivity index (χ1v) is 13.2. The van der Waals surface area contributed by atoms with Gasteiger partial charge in [0, 0.05) is 41.7 Å². The minimum atomic E-state index is -5.08. The van der Waals surface area contributed by atoms with Gasteiger partial charge in [0.2, 0.25) is 0 Å². The van der Waals surface area contributed by atoms with Gasteiger partial charge in [-0.25, -0.2) is 22.5 Å². The number of hydrogen-bond acceptors (Lipinski definition) is 9. The minimum absolute atomic E-state index is 0.00399. The molecule has 2 aromatic carbocycles. The van der Waals surface area contributed by atoms with E-state index >= 15 is 4.39 Å². The topological polar surface area (TPSA) is 109 Å². The fraction of sp³-hybridized carbons (Fsp3) is 0.400. The number of hydrogen-bond donors (Lipinski definition) is 3. The molecule has 0 spiro atoms. The number of aromatic nitrogens is 3. The zero-order valence-electron chi connectivity index (χ0n) is 20.9. The van der Waals surface area contributed by atoms with E-state index in [1.54, 1.807) is 4.90 Å². The highest BCUT2D eigenvalue weighted by Crippen LogP contribution is 2.46. The molecule has 2 unspecified atom stereocenters. The minimum Gasteiger partial charge on any atom is -0.457 e. The average molecular weight is 603 g/mol. The maximum Gasteiger partial charge on any atom is 0.417 e. The van der Waals surface area contributed by atoms with Crippen LogP contribution in [0.5, 0.6) is 6.01 Å². The number of thiazole rings is 1. The third-order valence-corrected chi connectivity index (χ3v) is 8.03. The number of benzene rings is 2. The van der Waals surface area contributed by atoms with E-state index in [4.69, 9.17) is 15.6 Å². The number of aliphatic hydroxyl groups is 1. The molecule has 8 nitrogen and oxygen atoms in total. The summed E-state index contributed by atoms with van der Waals surface area (Å²) in [5, 5.41) is 11.8. The largest absolute Gasteiger partial charge is 0.457 e. The van der Waals surface area contributed by atoms with Crippen LogP contribution >= 0.6 is 11.3 Å². The molecule has 218 valence electrons. The third kappa shape index (κ3) is 4.97. The SMILES string of the molecule is Nc1nc2c(-c3c(C(F)(F)F)cc4c(N5CC6CCC(C5)N6)nc(OCC(F)(F)CO)nc4c3F)ccc(F)c2s1. The van der Waals surface area contributed by atoms with Crippen molar-refractivity contribution >= 4 is 43.4 Å². The van der Waals surface area contributed by atoms with Crippen molar-refractivity contribution in [3.8, 4) is 17.1 Å². The summed E-state index contributed by atoms with van der Waals surface area (Å²) in [6.45, 7) is -2.26. The lowest BCUT2D eigenvalue weighted by Gasteiger charge is -2.34. The van der Waals surface area contributed by atoms with Crippen molar-refractivity contribution in [3.63, 3.8) is 0 Å². The number of halogens is 7. The molecule has 2 atom stereocenters. The summed E-state index contributed by atoms with van der Waals surface area (Å²) in [6, 6.07) is 1.83. The average Bonchev–Trinajstić information content (AvgIpc) is 3.48. The number of anilines is 2. The van der Waals surface area contributed by atoms with Gasteiger partial charge in [-0.05, 0) is 31.0 Å². The summed E-state index contributed by atoms with van der Waals surface area (Å²) >= 11 is 0.690. The lowest BCUT2D eigenvalue weighted by molar-refractivity contribution is -0.137. The fourth-order valence-electron chi connectivity index (χ4n) is 5.36. The molecule has 2 bridgehead atoms. The molecule has 6 rings (SSSR count). The quantitative estimate of drug-likeness (QED) is 0.272. The Labute approximate surface area is 231 Å². The van der Waals surface area contributed by atoms with Crippen LogP contribution in [0.3, 0.4) is 0 Å². The summed E-state index contributed by atoms with van der Waals surface area (Å²) in [7, 11) is 0. The molecule has 0 amide bonds. The summed E-state index contributed by atoms with van der Waals surface area (Å²) in [4.78, 5) is 13.6. The molecule has 2 saturated heterocycles. The van der Waals surface area contributed by atoms with Crippen molar-refractivity contribution in [2.75, 3.05) is 36.9 Å². The number of ether oxygens (including phenoxy) is 1. The molecule has 4 N–H and O–H groups in total. The van der Waals surface area contributed by atoms with E-state index in [-0.39, 0.29) is 44.2 Å². The molecule has 4 heterocycles. The number of nitrogen functional groups attached to an aromatic ring is 1. The third-order valence-electron chi connectivity index (χ3n) is 7.14. The van der Waals surface area contributed by atoms with Crippen molar-refractivity contribution in [1.29, 1.82) is 0 Å². The van der Waals surface area contributed by atoms with Crippen LogP contribution in [-0.2, 0) is 6.18 Å². The lowest BCUT2D eigenvalue weighted by atomic mass is 9.95. The Bertz CT molecular complexity index is 1650. The Morgan fingerprint density at radius 1 is 1.05 bits per heavy atom. The van der Waals surface area contributed by atoms with Crippen LogP contribution in [0.2, 0.25) is 0 Å². The van der Waals surface area contributed by atoms with Gasteiger partial charge in [-0.15, -0.1) is 0 Å². The zero-order valence-corrected chi connectivity index (χ0v) is 21.7. The van der Waals surface area contributed by atoms with Crippen molar-refractivity contribution in [2.45, 2.75) is 37.0 Å². The highest BCUT2D eigenvalue weighted by Gasteiger charge is 2.40. The normalized spacial score (nSPS) is 19.5. The van der Waals surface area contributed by atoms with Crippen LogP contribution < -0.4 is 20.7 Å². The Morgan fingerprint density at radius 2 is 1.76 bits per heavy atom. The Kier molecular flexibility index (Phi) is 6.61. The first-order valence-electron chi connectivity index (χ1n) is 12.4. The van der Waals surface area contributed by atoms with Crippen LogP contribution in [0.25, 0.3) is 32.2 Å². The maximum atomic E-state index is 16.4. The van der Waals surface area contributed by atoms with E-state index in [9.17, 15) is 26.3 Å². The van der Waals surface area contributed by atoms with E-state index in [0.717, 1.165) is 25.0 Å².